The van der Waals surface area contributed by atoms with Gasteiger partial charge in [-0.1, -0.05) is 0 Å². The molecule has 1 atom stereocenters. The van der Waals surface area contributed by atoms with Crippen LogP contribution in [0.3, 0.4) is 0 Å². The maximum absolute atomic E-state index is 12.9. The molecule has 1 aliphatic heterocycles. The fourth-order valence-electron chi connectivity index (χ4n) is 3.80. The Hall–Kier alpha value is -3.17. The first-order valence-corrected chi connectivity index (χ1v) is 9.57. The zero-order valence-corrected chi connectivity index (χ0v) is 16.8. The summed E-state index contributed by atoms with van der Waals surface area (Å²) in [5.41, 5.74) is 3.09. The normalized spacial score (nSPS) is 16.4. The van der Waals surface area contributed by atoms with Crippen molar-refractivity contribution >= 4 is 5.91 Å². The van der Waals surface area contributed by atoms with Crippen LogP contribution in [0.5, 0.6) is 0 Å². The monoisotopic (exact) mass is 418 g/mol. The Labute approximate surface area is 170 Å². The largest absolute Gasteiger partial charge is 0.435 e. The summed E-state index contributed by atoms with van der Waals surface area (Å²) in [6.07, 6.45) is -3.13. The number of rotatable bonds is 3. The van der Waals surface area contributed by atoms with Gasteiger partial charge in [0.05, 0.1) is 17.4 Å². The summed E-state index contributed by atoms with van der Waals surface area (Å²) in [6.45, 7) is 4.55. The lowest BCUT2D eigenvalue weighted by molar-refractivity contribution is -0.141. The number of fused-ring (bicyclic) bond motifs is 1. The number of pyridine rings is 1. The fourth-order valence-corrected chi connectivity index (χ4v) is 3.80. The highest BCUT2D eigenvalue weighted by Crippen LogP contribution is 2.31. The van der Waals surface area contributed by atoms with Gasteiger partial charge >= 0.3 is 6.18 Å². The summed E-state index contributed by atoms with van der Waals surface area (Å²) in [6, 6.07) is 6.24. The van der Waals surface area contributed by atoms with Crippen molar-refractivity contribution in [2.75, 3.05) is 0 Å². The molecule has 3 aromatic rings. The van der Waals surface area contributed by atoms with E-state index in [0.29, 0.717) is 13.0 Å². The number of aryl methyl sites for hydroxylation is 4. The quantitative estimate of drug-likeness (QED) is 0.705. The number of carbonyl (C=O) groups excluding carboxylic acids is 1. The van der Waals surface area contributed by atoms with Crippen LogP contribution >= 0.6 is 0 Å². The van der Waals surface area contributed by atoms with Gasteiger partial charge in [0.15, 0.2) is 5.69 Å². The van der Waals surface area contributed by atoms with Crippen molar-refractivity contribution in [1.82, 2.24) is 29.9 Å². The molecule has 0 saturated carbocycles. The maximum atomic E-state index is 12.9. The topological polar surface area (TPSA) is 77.6 Å². The van der Waals surface area contributed by atoms with E-state index in [1.54, 1.807) is 0 Å². The lowest BCUT2D eigenvalue weighted by Gasteiger charge is -2.24. The number of amides is 1. The summed E-state index contributed by atoms with van der Waals surface area (Å²) >= 11 is 0. The average molecular weight is 418 g/mol. The molecule has 7 nitrogen and oxygen atoms in total. The van der Waals surface area contributed by atoms with E-state index < -0.39 is 17.8 Å². The molecular weight excluding hydrogens is 397 g/mol. The second-order valence-electron chi connectivity index (χ2n) is 7.52. The number of alkyl halides is 3. The van der Waals surface area contributed by atoms with E-state index in [0.717, 1.165) is 45.5 Å². The van der Waals surface area contributed by atoms with Crippen LogP contribution in [0.25, 0.3) is 11.3 Å². The molecule has 1 unspecified atom stereocenters. The van der Waals surface area contributed by atoms with Crippen LogP contribution in [-0.2, 0) is 19.8 Å². The van der Waals surface area contributed by atoms with Crippen molar-refractivity contribution in [2.24, 2.45) is 7.05 Å². The van der Waals surface area contributed by atoms with Crippen LogP contribution in [-0.4, -0.2) is 30.5 Å². The van der Waals surface area contributed by atoms with E-state index in [1.165, 1.54) is 7.05 Å². The molecule has 10 heteroatoms. The van der Waals surface area contributed by atoms with Gasteiger partial charge in [0.1, 0.15) is 5.69 Å². The van der Waals surface area contributed by atoms with Crippen LogP contribution in [0.4, 0.5) is 13.2 Å². The smallest absolute Gasteiger partial charge is 0.342 e. The van der Waals surface area contributed by atoms with Crippen LogP contribution in [0, 0.1) is 13.8 Å². The van der Waals surface area contributed by atoms with E-state index in [-0.39, 0.29) is 11.7 Å². The van der Waals surface area contributed by atoms with E-state index in [1.807, 2.05) is 36.7 Å². The standard InChI is InChI=1S/C20H21F3N6O/c1-11-7-13(8-12(2)24-11)15-9-16-14(5-4-6-29(16)26-15)25-19(30)17-10-18(20(21,22)23)27-28(17)3/h7-10,14H,4-6H2,1-3H3,(H,25,30). The molecule has 4 heterocycles. The Kier molecular flexibility index (Phi) is 4.87. The van der Waals surface area contributed by atoms with Crippen molar-refractivity contribution in [3.63, 3.8) is 0 Å². The number of halogens is 3. The molecule has 3 aromatic heterocycles. The first-order valence-electron chi connectivity index (χ1n) is 9.57. The summed E-state index contributed by atoms with van der Waals surface area (Å²) in [5.74, 6) is -0.600. The van der Waals surface area contributed by atoms with Crippen molar-refractivity contribution in [3.8, 4) is 11.3 Å². The van der Waals surface area contributed by atoms with Crippen LogP contribution < -0.4 is 5.32 Å². The van der Waals surface area contributed by atoms with Crippen LogP contribution in [0.1, 0.15) is 52.1 Å². The molecule has 0 aromatic carbocycles. The van der Waals surface area contributed by atoms with Gasteiger partial charge in [0, 0.05) is 36.6 Å². The fraction of sp³-hybridized carbons (Fsp3) is 0.400. The van der Waals surface area contributed by atoms with Gasteiger partial charge in [-0.2, -0.15) is 23.4 Å². The van der Waals surface area contributed by atoms with Gasteiger partial charge in [-0.25, -0.2) is 0 Å². The summed E-state index contributed by atoms with van der Waals surface area (Å²) < 4.78 is 41.5. The Morgan fingerprint density at radius 2 is 1.83 bits per heavy atom. The predicted octanol–water partition coefficient (Wildman–Crippen LogP) is 3.58. The van der Waals surface area contributed by atoms with E-state index in [9.17, 15) is 18.0 Å². The highest BCUT2D eigenvalue weighted by Gasteiger charge is 2.36. The second kappa shape index (κ2) is 7.26. The lowest BCUT2D eigenvalue weighted by Crippen LogP contribution is -2.33. The van der Waals surface area contributed by atoms with Gasteiger partial charge < -0.3 is 5.32 Å². The Morgan fingerprint density at radius 3 is 2.47 bits per heavy atom. The molecule has 0 radical (unpaired) electrons. The third-order valence-electron chi connectivity index (χ3n) is 5.12. The van der Waals surface area contributed by atoms with Gasteiger partial charge in [-0.15, -0.1) is 0 Å². The van der Waals surface area contributed by atoms with Gasteiger partial charge in [-0.05, 0) is 44.9 Å². The van der Waals surface area contributed by atoms with Gasteiger partial charge in [0.25, 0.3) is 5.91 Å². The summed E-state index contributed by atoms with van der Waals surface area (Å²) in [5, 5.41) is 10.9. The number of nitrogens with zero attached hydrogens (tertiary/aromatic N) is 5. The van der Waals surface area contributed by atoms with Crippen molar-refractivity contribution in [3.05, 3.63) is 52.7 Å². The van der Waals surface area contributed by atoms with Crippen molar-refractivity contribution in [1.29, 1.82) is 0 Å². The predicted molar refractivity (Wildman–Crippen MR) is 103 cm³/mol. The Morgan fingerprint density at radius 1 is 1.13 bits per heavy atom. The summed E-state index contributed by atoms with van der Waals surface area (Å²) in [7, 11) is 1.32. The molecule has 1 N–H and O–H groups in total. The molecule has 4 rings (SSSR count). The van der Waals surface area contributed by atoms with E-state index in [4.69, 9.17) is 0 Å². The SMILES string of the molecule is Cc1cc(-c2cc3n(n2)CCCC3NC(=O)c2cc(C(F)(F)F)nn2C)cc(C)n1. The molecule has 30 heavy (non-hydrogen) atoms. The van der Waals surface area contributed by atoms with Gasteiger partial charge in [0.2, 0.25) is 0 Å². The minimum absolute atomic E-state index is 0.139. The molecule has 158 valence electrons. The van der Waals surface area contributed by atoms with Crippen molar-refractivity contribution in [2.45, 2.75) is 45.5 Å². The number of nitrogens with one attached hydrogen (secondary N) is 1. The minimum Gasteiger partial charge on any atom is -0.342 e. The number of hydrogen-bond acceptors (Lipinski definition) is 4. The van der Waals surface area contributed by atoms with Crippen LogP contribution in [0.2, 0.25) is 0 Å². The molecule has 0 spiro atoms. The highest BCUT2D eigenvalue weighted by molar-refractivity contribution is 5.93. The van der Waals surface area contributed by atoms with Crippen molar-refractivity contribution < 1.29 is 18.0 Å². The highest BCUT2D eigenvalue weighted by atomic mass is 19.4. The van der Waals surface area contributed by atoms with E-state index in [2.05, 4.69) is 20.5 Å². The molecule has 0 aliphatic carbocycles. The first kappa shape index (κ1) is 20.1. The summed E-state index contributed by atoms with van der Waals surface area (Å²) in [4.78, 5) is 17.0. The minimum atomic E-state index is -4.60. The second-order valence-corrected chi connectivity index (χ2v) is 7.52. The first-order chi connectivity index (χ1) is 14.1. The molecule has 0 fully saturated rings. The molecule has 0 saturated heterocycles. The lowest BCUT2D eigenvalue weighted by atomic mass is 10.0. The third kappa shape index (κ3) is 3.81. The molecule has 1 aliphatic rings. The zero-order chi connectivity index (χ0) is 21.6. The third-order valence-corrected chi connectivity index (χ3v) is 5.12. The molecular formula is C20H21F3N6O. The maximum Gasteiger partial charge on any atom is 0.435 e. The number of aromatic nitrogens is 5. The molecule has 1 amide bonds. The zero-order valence-electron chi connectivity index (χ0n) is 16.8. The molecule has 0 bridgehead atoms. The van der Waals surface area contributed by atoms with Gasteiger partial charge in [-0.3, -0.25) is 19.1 Å². The Bertz CT molecular complexity index is 1090. The van der Waals surface area contributed by atoms with Crippen LogP contribution in [0.15, 0.2) is 24.3 Å². The van der Waals surface area contributed by atoms with E-state index >= 15 is 0 Å². The number of carbonyl (C=O) groups is 1. The number of hydrogen-bond donors (Lipinski definition) is 1. The average Bonchev–Trinajstić information content (AvgIpc) is 3.25. The Balaban J connectivity index is 1.60.